The molecule has 0 saturated heterocycles. The molecule has 76 valence electrons. The highest BCUT2D eigenvalue weighted by atomic mass is 79.9. The Morgan fingerprint density at radius 1 is 1.50 bits per heavy atom. The van der Waals surface area contributed by atoms with Crippen molar-refractivity contribution in [3.05, 3.63) is 16.6 Å². The molecule has 4 heteroatoms. The van der Waals surface area contributed by atoms with Crippen LogP contribution in [0.2, 0.25) is 0 Å². The van der Waals surface area contributed by atoms with Crippen molar-refractivity contribution in [2.24, 2.45) is 0 Å². The summed E-state index contributed by atoms with van der Waals surface area (Å²) in [5.41, 5.74) is 2.13. The Kier molecular flexibility index (Phi) is 2.82. The largest absolute Gasteiger partial charge is 0.491 e. The van der Waals surface area contributed by atoms with Crippen molar-refractivity contribution in [3.63, 3.8) is 0 Å². The molecule has 1 aromatic rings. The summed E-state index contributed by atoms with van der Waals surface area (Å²) < 4.78 is 6.67. The zero-order valence-electron chi connectivity index (χ0n) is 8.06. The monoisotopic (exact) mass is 256 g/mol. The van der Waals surface area contributed by atoms with E-state index < -0.39 is 0 Å². The van der Waals surface area contributed by atoms with Crippen molar-refractivity contribution in [1.82, 2.24) is 0 Å². The molecule has 0 amide bonds. The zero-order valence-corrected chi connectivity index (χ0v) is 9.65. The van der Waals surface area contributed by atoms with Crippen LogP contribution in [0, 0.1) is 0 Å². The minimum atomic E-state index is 0.777. The Morgan fingerprint density at radius 3 is 3.14 bits per heavy atom. The van der Waals surface area contributed by atoms with E-state index in [9.17, 15) is 0 Å². The van der Waals surface area contributed by atoms with E-state index in [1.54, 1.807) is 0 Å². The van der Waals surface area contributed by atoms with Crippen LogP contribution < -0.4 is 15.4 Å². The van der Waals surface area contributed by atoms with Gasteiger partial charge in [-0.05, 0) is 18.6 Å². The highest BCUT2D eigenvalue weighted by Crippen LogP contribution is 2.37. The molecule has 2 rings (SSSR count). The summed E-state index contributed by atoms with van der Waals surface area (Å²) >= 11 is 3.46. The molecule has 0 aliphatic carbocycles. The Balaban J connectivity index is 2.46. The number of halogens is 1. The third kappa shape index (κ3) is 1.80. The first kappa shape index (κ1) is 9.65. The van der Waals surface area contributed by atoms with Crippen molar-refractivity contribution >= 4 is 27.3 Å². The molecule has 1 aliphatic heterocycles. The lowest BCUT2D eigenvalue weighted by atomic mass is 10.2. The molecular formula is C10H13BrN2O. The van der Waals surface area contributed by atoms with Gasteiger partial charge in [0.2, 0.25) is 0 Å². The number of fused-ring (bicyclic) bond motifs is 1. The van der Waals surface area contributed by atoms with Gasteiger partial charge in [-0.25, -0.2) is 0 Å². The predicted molar refractivity (Wildman–Crippen MR) is 62.3 cm³/mol. The van der Waals surface area contributed by atoms with Gasteiger partial charge in [0.15, 0.2) is 0 Å². The SMILES string of the molecule is CNc1cc(Br)cc2c1NCCCO2. The van der Waals surface area contributed by atoms with Crippen molar-refractivity contribution in [1.29, 1.82) is 0 Å². The number of rotatable bonds is 1. The van der Waals surface area contributed by atoms with E-state index >= 15 is 0 Å². The van der Waals surface area contributed by atoms with Crippen molar-refractivity contribution < 1.29 is 4.74 Å². The molecule has 2 N–H and O–H groups in total. The number of hydrogen-bond acceptors (Lipinski definition) is 3. The van der Waals surface area contributed by atoms with Gasteiger partial charge in [0, 0.05) is 18.1 Å². The van der Waals surface area contributed by atoms with Gasteiger partial charge in [-0.1, -0.05) is 15.9 Å². The molecule has 0 saturated carbocycles. The molecule has 0 radical (unpaired) electrons. The minimum Gasteiger partial charge on any atom is -0.491 e. The van der Waals surface area contributed by atoms with Crippen LogP contribution >= 0.6 is 15.9 Å². The summed E-state index contributed by atoms with van der Waals surface area (Å²) in [6.45, 7) is 1.74. The molecule has 0 atom stereocenters. The molecule has 1 heterocycles. The quantitative estimate of drug-likeness (QED) is 0.811. The summed E-state index contributed by atoms with van der Waals surface area (Å²) in [6, 6.07) is 4.04. The Morgan fingerprint density at radius 2 is 2.36 bits per heavy atom. The van der Waals surface area contributed by atoms with Crippen molar-refractivity contribution in [2.45, 2.75) is 6.42 Å². The lowest BCUT2D eigenvalue weighted by Crippen LogP contribution is -2.02. The topological polar surface area (TPSA) is 33.3 Å². The smallest absolute Gasteiger partial charge is 0.145 e. The Bertz CT molecular complexity index is 341. The first-order valence-corrected chi connectivity index (χ1v) is 5.48. The second kappa shape index (κ2) is 4.09. The molecule has 0 fully saturated rings. The summed E-state index contributed by atoms with van der Waals surface area (Å²) in [6.07, 6.45) is 1.04. The number of hydrogen-bond donors (Lipinski definition) is 2. The number of benzene rings is 1. The van der Waals surface area contributed by atoms with E-state index in [4.69, 9.17) is 4.74 Å². The molecule has 0 unspecified atom stereocenters. The number of ether oxygens (including phenoxy) is 1. The van der Waals surface area contributed by atoms with Gasteiger partial charge in [0.25, 0.3) is 0 Å². The maximum Gasteiger partial charge on any atom is 0.145 e. The predicted octanol–water partition coefficient (Wildman–Crippen LogP) is 2.69. The molecule has 0 bridgehead atoms. The van der Waals surface area contributed by atoms with Gasteiger partial charge in [-0.2, -0.15) is 0 Å². The van der Waals surface area contributed by atoms with E-state index in [1.807, 2.05) is 19.2 Å². The molecule has 0 aromatic heterocycles. The van der Waals surface area contributed by atoms with Crippen LogP contribution in [-0.4, -0.2) is 20.2 Å². The highest BCUT2D eigenvalue weighted by Gasteiger charge is 2.12. The number of nitrogens with one attached hydrogen (secondary N) is 2. The molecule has 14 heavy (non-hydrogen) atoms. The van der Waals surface area contributed by atoms with Crippen LogP contribution in [0.3, 0.4) is 0 Å². The zero-order chi connectivity index (χ0) is 9.97. The van der Waals surface area contributed by atoms with Gasteiger partial charge in [0.1, 0.15) is 11.4 Å². The Hall–Kier alpha value is -0.900. The first-order chi connectivity index (χ1) is 6.81. The maximum atomic E-state index is 5.64. The maximum absolute atomic E-state index is 5.64. The van der Waals surface area contributed by atoms with Gasteiger partial charge >= 0.3 is 0 Å². The summed E-state index contributed by atoms with van der Waals surface area (Å²) in [7, 11) is 1.91. The fourth-order valence-corrected chi connectivity index (χ4v) is 1.98. The third-order valence-electron chi connectivity index (χ3n) is 2.22. The highest BCUT2D eigenvalue weighted by molar-refractivity contribution is 9.10. The fourth-order valence-electron chi connectivity index (χ4n) is 1.54. The molecule has 1 aliphatic rings. The molecule has 1 aromatic carbocycles. The normalized spacial score (nSPS) is 14.7. The first-order valence-electron chi connectivity index (χ1n) is 4.69. The van der Waals surface area contributed by atoms with Crippen LogP contribution in [0.5, 0.6) is 5.75 Å². The summed E-state index contributed by atoms with van der Waals surface area (Å²) in [5, 5.41) is 6.51. The van der Waals surface area contributed by atoms with Gasteiger partial charge in [-0.3, -0.25) is 0 Å². The van der Waals surface area contributed by atoms with E-state index in [0.717, 1.165) is 41.2 Å². The van der Waals surface area contributed by atoms with Crippen LogP contribution in [-0.2, 0) is 0 Å². The van der Waals surface area contributed by atoms with Crippen LogP contribution in [0.1, 0.15) is 6.42 Å². The van der Waals surface area contributed by atoms with Crippen LogP contribution in [0.4, 0.5) is 11.4 Å². The molecule has 3 nitrogen and oxygen atoms in total. The van der Waals surface area contributed by atoms with E-state index in [0.29, 0.717) is 0 Å². The molecular weight excluding hydrogens is 244 g/mol. The molecule has 0 spiro atoms. The standard InChI is InChI=1S/C10H13BrN2O/c1-12-8-5-7(11)6-9-10(8)13-3-2-4-14-9/h5-6,12-13H,2-4H2,1H3. The van der Waals surface area contributed by atoms with Crippen molar-refractivity contribution in [2.75, 3.05) is 30.8 Å². The van der Waals surface area contributed by atoms with E-state index in [2.05, 4.69) is 26.6 Å². The number of anilines is 2. The van der Waals surface area contributed by atoms with E-state index in [-0.39, 0.29) is 0 Å². The van der Waals surface area contributed by atoms with Gasteiger partial charge in [-0.15, -0.1) is 0 Å². The fraction of sp³-hybridized carbons (Fsp3) is 0.400. The van der Waals surface area contributed by atoms with Crippen molar-refractivity contribution in [3.8, 4) is 5.75 Å². The summed E-state index contributed by atoms with van der Waals surface area (Å²) in [5.74, 6) is 0.918. The Labute approximate surface area is 92.0 Å². The average Bonchev–Trinajstić information content (AvgIpc) is 2.41. The van der Waals surface area contributed by atoms with Gasteiger partial charge < -0.3 is 15.4 Å². The minimum absolute atomic E-state index is 0.777. The second-order valence-electron chi connectivity index (χ2n) is 3.21. The lowest BCUT2D eigenvalue weighted by molar-refractivity contribution is 0.323. The lowest BCUT2D eigenvalue weighted by Gasteiger charge is -2.13. The van der Waals surface area contributed by atoms with Gasteiger partial charge in [0.05, 0.1) is 12.3 Å². The van der Waals surface area contributed by atoms with E-state index in [1.165, 1.54) is 0 Å². The average molecular weight is 257 g/mol. The second-order valence-corrected chi connectivity index (χ2v) is 4.12. The third-order valence-corrected chi connectivity index (χ3v) is 2.67. The van der Waals surface area contributed by atoms with Crippen LogP contribution in [0.25, 0.3) is 0 Å². The summed E-state index contributed by atoms with van der Waals surface area (Å²) in [4.78, 5) is 0. The van der Waals surface area contributed by atoms with Crippen LogP contribution in [0.15, 0.2) is 16.6 Å².